The topological polar surface area (TPSA) is 122 Å². The highest BCUT2D eigenvalue weighted by atomic mass is 16.5. The lowest BCUT2D eigenvalue weighted by molar-refractivity contribution is -0.143. The van der Waals surface area contributed by atoms with Crippen molar-refractivity contribution in [3.05, 3.63) is 92.0 Å². The monoisotopic (exact) mass is 462 g/mol. The van der Waals surface area contributed by atoms with Crippen LogP contribution in [0.25, 0.3) is 12.2 Å². The molecule has 0 aliphatic rings. The van der Waals surface area contributed by atoms with Gasteiger partial charge in [0.05, 0.1) is 6.61 Å². The molecule has 0 bridgehead atoms. The molecule has 34 heavy (non-hydrogen) atoms. The van der Waals surface area contributed by atoms with Gasteiger partial charge >= 0.3 is 5.97 Å². The molecule has 0 fully saturated rings. The number of aryl methyl sites for hydroxylation is 2. The summed E-state index contributed by atoms with van der Waals surface area (Å²) < 4.78 is 4.92. The lowest BCUT2D eigenvalue weighted by Gasteiger charge is -2.07. The molecule has 0 saturated heterocycles. The van der Waals surface area contributed by atoms with E-state index in [1.807, 2.05) is 0 Å². The largest absolute Gasteiger partial charge is 0.508 e. The smallest absolute Gasteiger partial charge is 0.306 e. The maximum Gasteiger partial charge on any atom is 0.306 e. The minimum atomic E-state index is -0.478. The van der Waals surface area contributed by atoms with Gasteiger partial charge in [-0.1, -0.05) is 24.3 Å². The Kier molecular flexibility index (Phi) is 9.76. The SMILES string of the molecule is CCOC(=O)CCC(C(=O)/C=C/c1ccc(N=O)c(C)c1)=C(O)/C=C/c1ccc(N=O)c(C)c1. The minimum Gasteiger partial charge on any atom is -0.508 e. The van der Waals surface area contributed by atoms with Crippen molar-refractivity contribution in [2.45, 2.75) is 33.6 Å². The fourth-order valence-electron chi connectivity index (χ4n) is 3.16. The van der Waals surface area contributed by atoms with Crippen molar-refractivity contribution in [1.82, 2.24) is 0 Å². The summed E-state index contributed by atoms with van der Waals surface area (Å²) in [6.07, 6.45) is 5.72. The van der Waals surface area contributed by atoms with Crippen LogP contribution in [0.5, 0.6) is 0 Å². The predicted molar refractivity (Wildman–Crippen MR) is 132 cm³/mol. The molecule has 2 rings (SSSR count). The molecule has 0 atom stereocenters. The predicted octanol–water partition coefficient (Wildman–Crippen LogP) is 6.55. The molecule has 2 aromatic rings. The number of ketones is 1. The van der Waals surface area contributed by atoms with Crippen LogP contribution in [-0.2, 0) is 14.3 Å². The zero-order chi connectivity index (χ0) is 25.1. The summed E-state index contributed by atoms with van der Waals surface area (Å²) in [5.41, 5.74) is 3.40. The molecule has 0 heterocycles. The van der Waals surface area contributed by atoms with E-state index in [0.717, 1.165) is 0 Å². The number of hydrogen-bond acceptors (Lipinski definition) is 8. The summed E-state index contributed by atoms with van der Waals surface area (Å²) >= 11 is 0. The first-order chi connectivity index (χ1) is 16.3. The second-order valence-corrected chi connectivity index (χ2v) is 7.47. The van der Waals surface area contributed by atoms with Gasteiger partial charge in [-0.15, -0.1) is 9.81 Å². The van der Waals surface area contributed by atoms with Crippen LogP contribution in [0.15, 0.2) is 70.2 Å². The Morgan fingerprint density at radius 2 is 1.41 bits per heavy atom. The highest BCUT2D eigenvalue weighted by Crippen LogP contribution is 2.22. The highest BCUT2D eigenvalue weighted by Gasteiger charge is 2.14. The Morgan fingerprint density at radius 3 is 1.88 bits per heavy atom. The molecule has 8 nitrogen and oxygen atoms in total. The van der Waals surface area contributed by atoms with Crippen molar-refractivity contribution in [2.24, 2.45) is 10.4 Å². The molecule has 2 aromatic carbocycles. The maximum atomic E-state index is 12.9. The Bertz CT molecular complexity index is 1180. The van der Waals surface area contributed by atoms with Crippen LogP contribution >= 0.6 is 0 Å². The summed E-state index contributed by atoms with van der Waals surface area (Å²) in [4.78, 5) is 46.2. The van der Waals surface area contributed by atoms with Crippen LogP contribution in [0.1, 0.15) is 42.0 Å². The van der Waals surface area contributed by atoms with Crippen LogP contribution < -0.4 is 0 Å². The molecular formula is C26H26N2O6. The fourth-order valence-corrected chi connectivity index (χ4v) is 3.16. The van der Waals surface area contributed by atoms with E-state index in [-0.39, 0.29) is 30.8 Å². The van der Waals surface area contributed by atoms with Gasteiger partial charge in [-0.25, -0.2) is 0 Å². The van der Waals surface area contributed by atoms with Gasteiger partial charge in [0.15, 0.2) is 5.78 Å². The van der Waals surface area contributed by atoms with E-state index in [0.29, 0.717) is 33.6 Å². The van der Waals surface area contributed by atoms with Gasteiger partial charge in [0.2, 0.25) is 0 Å². The summed E-state index contributed by atoms with van der Waals surface area (Å²) in [7, 11) is 0. The van der Waals surface area contributed by atoms with Crippen LogP contribution in [0.2, 0.25) is 0 Å². The summed E-state index contributed by atoms with van der Waals surface area (Å²) in [6.45, 7) is 5.37. The van der Waals surface area contributed by atoms with Crippen molar-refractivity contribution in [3.63, 3.8) is 0 Å². The third-order valence-electron chi connectivity index (χ3n) is 4.99. The number of esters is 1. The number of aliphatic hydroxyl groups is 1. The quantitative estimate of drug-likeness (QED) is 0.133. The van der Waals surface area contributed by atoms with Crippen molar-refractivity contribution >= 4 is 35.3 Å². The summed E-state index contributed by atoms with van der Waals surface area (Å²) in [6, 6.07) is 9.86. The van der Waals surface area contributed by atoms with Gasteiger partial charge in [0, 0.05) is 12.0 Å². The van der Waals surface area contributed by atoms with Gasteiger partial charge in [-0.05, 0) is 96.2 Å². The number of carbonyl (C=O) groups excluding carboxylic acids is 2. The highest BCUT2D eigenvalue weighted by molar-refractivity contribution is 6.07. The van der Waals surface area contributed by atoms with E-state index in [1.54, 1.807) is 69.3 Å². The van der Waals surface area contributed by atoms with Crippen molar-refractivity contribution < 1.29 is 19.4 Å². The number of hydrogen-bond donors (Lipinski definition) is 1. The molecule has 0 aliphatic heterocycles. The molecule has 0 spiro atoms. The Morgan fingerprint density at radius 1 is 0.882 bits per heavy atom. The van der Waals surface area contributed by atoms with E-state index in [9.17, 15) is 24.5 Å². The van der Waals surface area contributed by atoms with Crippen molar-refractivity contribution in [3.8, 4) is 0 Å². The van der Waals surface area contributed by atoms with E-state index in [2.05, 4.69) is 10.4 Å². The molecule has 0 aromatic heterocycles. The minimum absolute atomic E-state index is 0.0156. The van der Waals surface area contributed by atoms with Crippen LogP contribution in [0.3, 0.4) is 0 Å². The van der Waals surface area contributed by atoms with E-state index < -0.39 is 11.8 Å². The average Bonchev–Trinajstić information content (AvgIpc) is 2.81. The van der Waals surface area contributed by atoms with Gasteiger partial charge < -0.3 is 9.84 Å². The first-order valence-electron chi connectivity index (χ1n) is 10.6. The third-order valence-corrected chi connectivity index (χ3v) is 4.99. The van der Waals surface area contributed by atoms with E-state index in [1.165, 1.54) is 12.2 Å². The third kappa shape index (κ3) is 7.44. The standard InChI is InChI=1S/C26H26N2O6/c1-4-34-26(31)14-9-21(24(29)12-7-19-5-10-22(27-32)17(2)15-19)25(30)13-8-20-6-11-23(28-33)18(3)16-20/h5-8,10-13,15-16,29H,4,9,14H2,1-3H3/b12-7+,13-8+,24-21?. The normalized spacial score (nSPS) is 12.0. The number of carbonyl (C=O) groups is 2. The first kappa shape index (κ1) is 26.1. The van der Waals surface area contributed by atoms with Gasteiger partial charge in [-0.3, -0.25) is 9.59 Å². The lowest BCUT2D eigenvalue weighted by atomic mass is 10.0. The molecule has 0 saturated carbocycles. The van der Waals surface area contributed by atoms with Gasteiger partial charge in [-0.2, -0.15) is 0 Å². The van der Waals surface area contributed by atoms with Gasteiger partial charge in [0.25, 0.3) is 0 Å². The Hall–Kier alpha value is -4.20. The number of rotatable bonds is 11. The molecule has 0 amide bonds. The van der Waals surface area contributed by atoms with Crippen molar-refractivity contribution in [2.75, 3.05) is 6.61 Å². The zero-order valence-corrected chi connectivity index (χ0v) is 19.3. The molecule has 1 N–H and O–H groups in total. The summed E-state index contributed by atoms with van der Waals surface area (Å²) in [5.74, 6) is -1.24. The number of allylic oxidation sites excluding steroid dienone is 3. The molecule has 0 aliphatic carbocycles. The van der Waals surface area contributed by atoms with Crippen LogP contribution in [0, 0.1) is 23.7 Å². The number of nitroso groups, excluding NO2 is 2. The first-order valence-corrected chi connectivity index (χ1v) is 10.6. The summed E-state index contributed by atoms with van der Waals surface area (Å²) in [5, 5.41) is 16.5. The molecule has 0 unspecified atom stereocenters. The molecule has 176 valence electrons. The number of ether oxygens (including phenoxy) is 1. The second kappa shape index (κ2) is 12.7. The van der Waals surface area contributed by atoms with Crippen molar-refractivity contribution in [1.29, 1.82) is 0 Å². The number of aliphatic hydroxyl groups excluding tert-OH is 1. The number of benzene rings is 2. The Balaban J connectivity index is 2.31. The van der Waals surface area contributed by atoms with Gasteiger partial charge in [0.1, 0.15) is 17.1 Å². The van der Waals surface area contributed by atoms with E-state index in [4.69, 9.17) is 4.74 Å². The Labute approximate surface area is 197 Å². The number of nitrogens with zero attached hydrogens (tertiary/aromatic N) is 2. The molecule has 8 heteroatoms. The van der Waals surface area contributed by atoms with Crippen LogP contribution in [0.4, 0.5) is 11.4 Å². The van der Waals surface area contributed by atoms with Crippen LogP contribution in [-0.4, -0.2) is 23.5 Å². The lowest BCUT2D eigenvalue weighted by Crippen LogP contribution is -2.08. The fraction of sp³-hybridized carbons (Fsp3) is 0.231. The van der Waals surface area contributed by atoms with E-state index >= 15 is 0 Å². The molecular weight excluding hydrogens is 436 g/mol. The maximum absolute atomic E-state index is 12.9. The average molecular weight is 463 g/mol. The second-order valence-electron chi connectivity index (χ2n) is 7.47. The zero-order valence-electron chi connectivity index (χ0n) is 19.3. The molecule has 0 radical (unpaired) electrons.